The van der Waals surface area contributed by atoms with E-state index in [-0.39, 0.29) is 22.9 Å². The van der Waals surface area contributed by atoms with E-state index in [1.165, 1.54) is 35.1 Å². The van der Waals surface area contributed by atoms with Gasteiger partial charge in [0.1, 0.15) is 0 Å². The summed E-state index contributed by atoms with van der Waals surface area (Å²) in [7, 11) is 3.39. The number of pyridine rings is 2. The molecule has 0 spiro atoms. The minimum absolute atomic E-state index is 0.0914. The van der Waals surface area contributed by atoms with Crippen LogP contribution < -0.4 is 32.4 Å². The van der Waals surface area contributed by atoms with Crippen LogP contribution >= 0.6 is 15.9 Å². The molecular formula is C46H37BrN10O4. The second-order valence-corrected chi connectivity index (χ2v) is 14.9. The third kappa shape index (κ3) is 10.4. The van der Waals surface area contributed by atoms with E-state index in [1.54, 1.807) is 57.1 Å². The van der Waals surface area contributed by atoms with E-state index < -0.39 is 0 Å². The maximum Gasteiger partial charge on any atom is 0.250 e. The minimum Gasteiger partial charge on any atom is -0.326 e. The Kier molecular flexibility index (Phi) is 12.1. The third-order valence-corrected chi connectivity index (χ3v) is 9.64. The number of terminal acetylenes is 1. The summed E-state index contributed by atoms with van der Waals surface area (Å²) in [5, 5.41) is 13.8. The van der Waals surface area contributed by atoms with E-state index in [2.05, 4.69) is 63.1 Å². The fourth-order valence-corrected chi connectivity index (χ4v) is 6.70. The lowest BCUT2D eigenvalue weighted by Crippen LogP contribution is -2.14. The number of halogens is 1. The molecule has 4 N–H and O–H groups in total. The highest BCUT2D eigenvalue weighted by atomic mass is 79.9. The number of hydrogen-bond acceptors (Lipinski definition) is 10. The molecule has 4 heterocycles. The molecule has 8 rings (SSSR count). The van der Waals surface area contributed by atoms with Crippen molar-refractivity contribution in [2.24, 2.45) is 14.1 Å². The Balaban J connectivity index is 0.000000184. The predicted octanol–water partition coefficient (Wildman–Crippen LogP) is 8.14. The van der Waals surface area contributed by atoms with Crippen molar-refractivity contribution in [2.45, 2.75) is 13.8 Å². The molecule has 0 aliphatic carbocycles. The van der Waals surface area contributed by atoms with Crippen molar-refractivity contribution in [2.75, 3.05) is 21.3 Å². The molecule has 0 aliphatic rings. The van der Waals surface area contributed by atoms with Crippen LogP contribution in [0.4, 0.5) is 34.6 Å². The Bertz CT molecular complexity index is 3170. The van der Waals surface area contributed by atoms with Gasteiger partial charge in [0.25, 0.3) is 0 Å². The summed E-state index contributed by atoms with van der Waals surface area (Å²) in [6.07, 6.45) is 12.4. The number of carbonyl (C=O) groups excluding carboxylic acids is 2. The first kappa shape index (κ1) is 41.2. The normalized spacial score (nSPS) is 10.6. The summed E-state index contributed by atoms with van der Waals surface area (Å²) in [5.74, 6) is 3.09. The second-order valence-electron chi connectivity index (χ2n) is 14.0. The standard InChI is InChI=1S/C24H19N5O2.C22H18BrN5O2/c1-4-16-5-7-22-19(9-16)13-25-24(28-22)27-21-11-18(10-20(12-21)26-15(2)30)17-6-8-23(31)29(3)14-17;1-13(29)25-18-8-15(14-3-6-21(30)28(2)12-14)9-19(10-18)26-22-24-11-16-7-17(23)4-5-20(16)27-22/h1,5-14H,2-3H3,(H,26,30)(H,25,27,28);3-12H,1-2H3,(H,25,29)(H,24,26,27). The van der Waals surface area contributed by atoms with Crippen molar-refractivity contribution in [3.63, 3.8) is 0 Å². The summed E-state index contributed by atoms with van der Waals surface area (Å²) in [5.41, 5.74) is 8.12. The van der Waals surface area contributed by atoms with Crippen molar-refractivity contribution in [3.8, 4) is 34.6 Å². The van der Waals surface area contributed by atoms with Crippen molar-refractivity contribution < 1.29 is 9.59 Å². The number of aromatic nitrogens is 6. The smallest absolute Gasteiger partial charge is 0.250 e. The summed E-state index contributed by atoms with van der Waals surface area (Å²) in [6, 6.07) is 29.0. The van der Waals surface area contributed by atoms with E-state index in [0.717, 1.165) is 54.1 Å². The lowest BCUT2D eigenvalue weighted by molar-refractivity contribution is -0.115. The number of aryl methyl sites for hydroxylation is 2. The van der Waals surface area contributed by atoms with Crippen LogP contribution in [0.25, 0.3) is 44.1 Å². The zero-order valence-electron chi connectivity index (χ0n) is 33.3. The van der Waals surface area contributed by atoms with E-state index in [9.17, 15) is 19.2 Å². The molecule has 15 heteroatoms. The number of hydrogen-bond donors (Lipinski definition) is 4. The van der Waals surface area contributed by atoms with Crippen LogP contribution in [-0.2, 0) is 23.7 Å². The average Bonchev–Trinajstić information content (AvgIpc) is 3.22. The van der Waals surface area contributed by atoms with E-state index >= 15 is 0 Å². The number of rotatable bonds is 8. The van der Waals surface area contributed by atoms with Crippen LogP contribution in [0.2, 0.25) is 0 Å². The average molecular weight is 874 g/mol. The molecule has 0 aliphatic heterocycles. The number of nitrogens with one attached hydrogen (secondary N) is 4. The van der Waals surface area contributed by atoms with Gasteiger partial charge in [-0.05, 0) is 107 Å². The van der Waals surface area contributed by atoms with E-state index in [4.69, 9.17) is 6.42 Å². The summed E-state index contributed by atoms with van der Waals surface area (Å²) in [6.45, 7) is 2.90. The first-order chi connectivity index (χ1) is 29.3. The van der Waals surface area contributed by atoms with Crippen LogP contribution in [0.3, 0.4) is 0 Å². The molecule has 8 aromatic rings. The fraction of sp³-hybridized carbons (Fsp3) is 0.0870. The van der Waals surface area contributed by atoms with E-state index in [0.29, 0.717) is 34.6 Å². The fourth-order valence-electron chi connectivity index (χ4n) is 6.32. The molecule has 4 aromatic heterocycles. The quantitative estimate of drug-likeness (QED) is 0.109. The van der Waals surface area contributed by atoms with Gasteiger partial charge in [0.05, 0.1) is 11.0 Å². The molecule has 0 saturated carbocycles. The van der Waals surface area contributed by atoms with Gasteiger partial charge in [-0.2, -0.15) is 0 Å². The molecule has 2 amide bonds. The zero-order valence-corrected chi connectivity index (χ0v) is 34.9. The maximum absolute atomic E-state index is 11.7. The van der Waals surface area contributed by atoms with Gasteiger partial charge in [0.2, 0.25) is 34.8 Å². The highest BCUT2D eigenvalue weighted by molar-refractivity contribution is 9.10. The Morgan fingerprint density at radius 3 is 1.51 bits per heavy atom. The highest BCUT2D eigenvalue weighted by Crippen LogP contribution is 2.30. The van der Waals surface area contributed by atoms with Gasteiger partial charge >= 0.3 is 0 Å². The molecule has 0 saturated heterocycles. The van der Waals surface area contributed by atoms with Gasteiger partial charge in [-0.25, -0.2) is 19.9 Å². The Morgan fingerprint density at radius 2 is 1.05 bits per heavy atom. The van der Waals surface area contributed by atoms with Crippen LogP contribution in [0.1, 0.15) is 19.4 Å². The predicted molar refractivity (Wildman–Crippen MR) is 244 cm³/mol. The molecule has 61 heavy (non-hydrogen) atoms. The number of benzene rings is 4. The second kappa shape index (κ2) is 17.9. The van der Waals surface area contributed by atoms with Gasteiger partial charge in [-0.1, -0.05) is 21.9 Å². The third-order valence-electron chi connectivity index (χ3n) is 9.15. The topological polar surface area (TPSA) is 178 Å². The SMILES string of the molecule is C#Cc1ccc2nc(Nc3cc(NC(C)=O)cc(-c4ccc(=O)n(C)c4)c3)ncc2c1.CC(=O)Nc1cc(Nc2ncc3cc(Br)ccc3n2)cc(-c2ccc(=O)n(C)c2)c1. The van der Waals surface area contributed by atoms with Crippen LogP contribution in [-0.4, -0.2) is 40.9 Å². The van der Waals surface area contributed by atoms with Crippen LogP contribution in [0.15, 0.2) is 136 Å². The summed E-state index contributed by atoms with van der Waals surface area (Å²) < 4.78 is 3.98. The van der Waals surface area contributed by atoms with Crippen molar-refractivity contribution in [1.82, 2.24) is 29.1 Å². The van der Waals surface area contributed by atoms with Gasteiger partial charge in [0, 0.05) is 108 Å². The molecular weight excluding hydrogens is 836 g/mol. The lowest BCUT2D eigenvalue weighted by atomic mass is 10.1. The number of fused-ring (bicyclic) bond motifs is 2. The van der Waals surface area contributed by atoms with Crippen LogP contribution in [0, 0.1) is 12.3 Å². The molecule has 14 nitrogen and oxygen atoms in total. The lowest BCUT2D eigenvalue weighted by Gasteiger charge is -2.12. The van der Waals surface area contributed by atoms with Crippen molar-refractivity contribution in [1.29, 1.82) is 0 Å². The monoisotopic (exact) mass is 872 g/mol. The summed E-state index contributed by atoms with van der Waals surface area (Å²) >= 11 is 3.44. The largest absolute Gasteiger partial charge is 0.326 e. The minimum atomic E-state index is -0.185. The van der Waals surface area contributed by atoms with Crippen molar-refractivity contribution in [3.05, 3.63) is 153 Å². The number of anilines is 6. The molecule has 0 bridgehead atoms. The Morgan fingerprint density at radius 1 is 0.590 bits per heavy atom. The first-order valence-electron chi connectivity index (χ1n) is 18.7. The van der Waals surface area contributed by atoms with Gasteiger partial charge in [-0.15, -0.1) is 6.42 Å². The molecule has 0 unspecified atom stereocenters. The molecule has 0 radical (unpaired) electrons. The summed E-state index contributed by atoms with van der Waals surface area (Å²) in [4.78, 5) is 64.5. The first-order valence-corrected chi connectivity index (χ1v) is 19.5. The number of nitrogens with zero attached hydrogens (tertiary/aromatic N) is 6. The van der Waals surface area contributed by atoms with Crippen molar-refractivity contribution >= 4 is 84.2 Å². The molecule has 4 aromatic carbocycles. The maximum atomic E-state index is 11.7. The van der Waals surface area contributed by atoms with Gasteiger partial charge < -0.3 is 30.4 Å². The molecule has 0 fully saturated rings. The van der Waals surface area contributed by atoms with Crippen LogP contribution in [0.5, 0.6) is 0 Å². The molecule has 302 valence electrons. The van der Waals surface area contributed by atoms with Gasteiger partial charge in [-0.3, -0.25) is 19.2 Å². The van der Waals surface area contributed by atoms with E-state index in [1.807, 2.05) is 66.7 Å². The number of amides is 2. The zero-order chi connectivity index (χ0) is 43.2. The highest BCUT2D eigenvalue weighted by Gasteiger charge is 2.11. The Labute approximate surface area is 357 Å². The Hall–Kier alpha value is -7.96. The molecule has 0 atom stereocenters. The van der Waals surface area contributed by atoms with Gasteiger partial charge in [0.15, 0.2) is 0 Å². The number of carbonyl (C=O) groups is 2.